The number of benzene rings is 1. The second-order valence-electron chi connectivity index (χ2n) is 4.41. The van der Waals surface area contributed by atoms with Gasteiger partial charge in [0.15, 0.2) is 0 Å². The molecule has 20 heavy (non-hydrogen) atoms. The highest BCUT2D eigenvalue weighted by molar-refractivity contribution is 6.32. The summed E-state index contributed by atoms with van der Waals surface area (Å²) in [6, 6.07) is 4.69. The molecule has 0 radical (unpaired) electrons. The fraction of sp³-hybridized carbons (Fsp3) is 0.308. The zero-order valence-corrected chi connectivity index (χ0v) is 11.6. The van der Waals surface area contributed by atoms with Crippen molar-refractivity contribution in [1.82, 2.24) is 9.97 Å². The van der Waals surface area contributed by atoms with E-state index in [4.69, 9.17) is 17.3 Å². The summed E-state index contributed by atoms with van der Waals surface area (Å²) < 4.78 is 0. The molecule has 6 nitrogen and oxygen atoms in total. The zero-order chi connectivity index (χ0) is 14.5. The van der Waals surface area contributed by atoms with Crippen LogP contribution < -0.4 is 5.73 Å². The number of aryl methyl sites for hydroxylation is 1. The number of hydrogen-bond acceptors (Lipinski definition) is 4. The number of rotatable bonds is 6. The Labute approximate surface area is 121 Å². The maximum atomic E-state index is 10.9. The minimum atomic E-state index is -0.496. The molecule has 7 heteroatoms. The van der Waals surface area contributed by atoms with Gasteiger partial charge in [-0.25, -0.2) is 4.98 Å². The van der Waals surface area contributed by atoms with E-state index in [1.165, 1.54) is 12.1 Å². The van der Waals surface area contributed by atoms with Gasteiger partial charge in [0, 0.05) is 18.1 Å². The molecule has 2 aromatic rings. The Morgan fingerprint density at radius 2 is 2.20 bits per heavy atom. The second kappa shape index (κ2) is 6.49. The summed E-state index contributed by atoms with van der Waals surface area (Å²) in [4.78, 5) is 17.8. The molecule has 0 unspecified atom stereocenters. The van der Waals surface area contributed by atoms with Gasteiger partial charge in [-0.1, -0.05) is 17.7 Å². The van der Waals surface area contributed by atoms with Gasteiger partial charge in [0.25, 0.3) is 5.69 Å². The predicted octanol–water partition coefficient (Wildman–Crippen LogP) is 2.92. The number of nitro benzene ring substituents is 1. The van der Waals surface area contributed by atoms with Crippen molar-refractivity contribution in [2.24, 2.45) is 5.73 Å². The van der Waals surface area contributed by atoms with Gasteiger partial charge in [-0.15, -0.1) is 0 Å². The van der Waals surface area contributed by atoms with Crippen molar-refractivity contribution >= 4 is 17.3 Å². The standard InChI is InChI=1S/C13H15ClN4O2/c14-10-5-4-9(7-12(10)18(19)20)11-8-16-13(17-11)3-1-2-6-15/h4-5,7-8H,1-3,6,15H2,(H,16,17). The van der Waals surface area contributed by atoms with Gasteiger partial charge in [0.2, 0.25) is 0 Å². The summed E-state index contributed by atoms with van der Waals surface area (Å²) in [6.45, 7) is 0.664. The number of nitro groups is 1. The smallest absolute Gasteiger partial charge is 0.288 e. The molecule has 0 amide bonds. The quantitative estimate of drug-likeness (QED) is 0.486. The Morgan fingerprint density at radius 1 is 1.40 bits per heavy atom. The summed E-state index contributed by atoms with van der Waals surface area (Å²) in [5.74, 6) is 0.853. The summed E-state index contributed by atoms with van der Waals surface area (Å²) >= 11 is 5.79. The van der Waals surface area contributed by atoms with Crippen LogP contribution in [0.1, 0.15) is 18.7 Å². The number of hydrogen-bond donors (Lipinski definition) is 2. The molecule has 1 heterocycles. The van der Waals surface area contributed by atoms with Crippen LogP contribution in [0.15, 0.2) is 24.4 Å². The second-order valence-corrected chi connectivity index (χ2v) is 4.82. The van der Waals surface area contributed by atoms with Crippen LogP contribution in [0.5, 0.6) is 0 Å². The van der Waals surface area contributed by atoms with E-state index in [9.17, 15) is 10.1 Å². The van der Waals surface area contributed by atoms with Crippen molar-refractivity contribution in [1.29, 1.82) is 0 Å². The lowest BCUT2D eigenvalue weighted by atomic mass is 10.1. The molecule has 0 aliphatic carbocycles. The fourth-order valence-electron chi connectivity index (χ4n) is 1.89. The molecule has 0 bridgehead atoms. The topological polar surface area (TPSA) is 97.8 Å². The molecule has 0 saturated carbocycles. The highest BCUT2D eigenvalue weighted by Gasteiger charge is 2.14. The van der Waals surface area contributed by atoms with E-state index in [1.54, 1.807) is 12.3 Å². The van der Waals surface area contributed by atoms with Crippen molar-refractivity contribution in [3.8, 4) is 11.3 Å². The number of aromatic nitrogens is 2. The zero-order valence-electron chi connectivity index (χ0n) is 10.8. The minimum Gasteiger partial charge on any atom is -0.342 e. The molecule has 0 saturated heterocycles. The normalized spacial score (nSPS) is 10.7. The van der Waals surface area contributed by atoms with Crippen LogP contribution in [0.3, 0.4) is 0 Å². The number of aromatic amines is 1. The van der Waals surface area contributed by atoms with Crippen LogP contribution in [0, 0.1) is 10.1 Å². The SMILES string of the molecule is NCCCCc1ncc(-c2ccc(Cl)c([N+](=O)[O-])c2)[nH]1. The largest absolute Gasteiger partial charge is 0.342 e. The molecular weight excluding hydrogens is 280 g/mol. The lowest BCUT2D eigenvalue weighted by Crippen LogP contribution is -1.99. The number of H-pyrrole nitrogens is 1. The third-order valence-electron chi connectivity index (χ3n) is 2.95. The van der Waals surface area contributed by atoms with Gasteiger partial charge in [0.05, 0.1) is 16.8 Å². The Kier molecular flexibility index (Phi) is 4.70. The third-order valence-corrected chi connectivity index (χ3v) is 3.27. The molecule has 3 N–H and O–H groups in total. The highest BCUT2D eigenvalue weighted by atomic mass is 35.5. The average molecular weight is 295 g/mol. The van der Waals surface area contributed by atoms with E-state index in [2.05, 4.69) is 9.97 Å². The van der Waals surface area contributed by atoms with Crippen molar-refractivity contribution in [3.63, 3.8) is 0 Å². The Balaban J connectivity index is 2.19. The number of nitrogens with two attached hydrogens (primary N) is 1. The van der Waals surface area contributed by atoms with E-state index in [1.807, 2.05) is 0 Å². The van der Waals surface area contributed by atoms with E-state index < -0.39 is 4.92 Å². The first-order valence-corrected chi connectivity index (χ1v) is 6.68. The van der Waals surface area contributed by atoms with Crippen molar-refractivity contribution in [2.75, 3.05) is 6.54 Å². The van der Waals surface area contributed by atoms with Crippen molar-refractivity contribution < 1.29 is 4.92 Å². The molecule has 106 valence electrons. The average Bonchev–Trinajstić information content (AvgIpc) is 2.88. The highest BCUT2D eigenvalue weighted by Crippen LogP contribution is 2.29. The molecule has 2 rings (SSSR count). The first-order valence-electron chi connectivity index (χ1n) is 6.30. The predicted molar refractivity (Wildman–Crippen MR) is 77.7 cm³/mol. The first-order chi connectivity index (χ1) is 9.61. The molecule has 1 aromatic carbocycles. The number of nitrogens with zero attached hydrogens (tertiary/aromatic N) is 2. The molecule has 0 atom stereocenters. The van der Waals surface area contributed by atoms with Crippen LogP contribution in [0.2, 0.25) is 5.02 Å². The van der Waals surface area contributed by atoms with Crippen LogP contribution in [-0.4, -0.2) is 21.4 Å². The van der Waals surface area contributed by atoms with Gasteiger partial charge in [0.1, 0.15) is 10.8 Å². The van der Waals surface area contributed by atoms with Gasteiger partial charge in [-0.05, 0) is 25.5 Å². The first kappa shape index (κ1) is 14.5. The molecule has 0 aliphatic rings. The van der Waals surface area contributed by atoms with Crippen LogP contribution >= 0.6 is 11.6 Å². The lowest BCUT2D eigenvalue weighted by Gasteiger charge is -2.00. The number of nitrogens with one attached hydrogen (secondary N) is 1. The summed E-state index contributed by atoms with van der Waals surface area (Å²) in [7, 11) is 0. The number of imidazole rings is 1. The Hall–Kier alpha value is -1.92. The van der Waals surface area contributed by atoms with E-state index in [-0.39, 0.29) is 10.7 Å². The molecule has 0 fully saturated rings. The summed E-state index contributed by atoms with van der Waals surface area (Å²) in [6.07, 6.45) is 4.39. The Bertz CT molecular complexity index is 612. The van der Waals surface area contributed by atoms with E-state index >= 15 is 0 Å². The summed E-state index contributed by atoms with van der Waals surface area (Å²) in [5, 5.41) is 11.0. The van der Waals surface area contributed by atoms with Gasteiger partial charge in [-0.2, -0.15) is 0 Å². The van der Waals surface area contributed by atoms with Gasteiger partial charge in [-0.3, -0.25) is 10.1 Å². The van der Waals surface area contributed by atoms with Gasteiger partial charge >= 0.3 is 0 Å². The fourth-order valence-corrected chi connectivity index (χ4v) is 2.08. The van der Waals surface area contributed by atoms with E-state index in [0.29, 0.717) is 12.1 Å². The molecular formula is C13H15ClN4O2. The maximum absolute atomic E-state index is 10.9. The number of halogens is 1. The lowest BCUT2D eigenvalue weighted by molar-refractivity contribution is -0.384. The van der Waals surface area contributed by atoms with Crippen LogP contribution in [0.25, 0.3) is 11.3 Å². The van der Waals surface area contributed by atoms with Crippen molar-refractivity contribution in [3.05, 3.63) is 45.4 Å². The molecule has 0 spiro atoms. The monoisotopic (exact) mass is 294 g/mol. The molecule has 0 aliphatic heterocycles. The maximum Gasteiger partial charge on any atom is 0.288 e. The van der Waals surface area contributed by atoms with Gasteiger partial charge < -0.3 is 10.7 Å². The minimum absolute atomic E-state index is 0.108. The summed E-state index contributed by atoms with van der Waals surface area (Å²) in [5.41, 5.74) is 6.77. The third kappa shape index (κ3) is 3.34. The van der Waals surface area contributed by atoms with Crippen LogP contribution in [-0.2, 0) is 6.42 Å². The Morgan fingerprint density at radius 3 is 2.90 bits per heavy atom. The van der Waals surface area contributed by atoms with Crippen LogP contribution in [0.4, 0.5) is 5.69 Å². The number of unbranched alkanes of at least 4 members (excludes halogenated alkanes) is 1. The molecule has 1 aromatic heterocycles. The van der Waals surface area contributed by atoms with Crippen molar-refractivity contribution in [2.45, 2.75) is 19.3 Å². The van der Waals surface area contributed by atoms with E-state index in [0.717, 1.165) is 30.8 Å².